The molecule has 240 valence electrons. The van der Waals surface area contributed by atoms with Gasteiger partial charge in [-0.15, -0.1) is 0 Å². The average Bonchev–Trinajstić information content (AvgIpc) is 3.34. The molecule has 51 heavy (non-hydrogen) atoms. The van der Waals surface area contributed by atoms with Gasteiger partial charge in [0.2, 0.25) is 0 Å². The average molecular weight is 667 g/mol. The molecule has 1 nitrogen and oxygen atoms in total. The van der Waals surface area contributed by atoms with Gasteiger partial charge in [0, 0.05) is 17.1 Å². The van der Waals surface area contributed by atoms with Crippen molar-refractivity contribution in [3.05, 3.63) is 212 Å². The Labute approximate surface area is 323 Å². The van der Waals surface area contributed by atoms with Crippen molar-refractivity contribution in [1.29, 1.82) is 0 Å². The van der Waals surface area contributed by atoms with Crippen molar-refractivity contribution >= 4 is 38.6 Å². The highest BCUT2D eigenvalue weighted by Gasteiger charge is 2.15. The molecule has 0 fully saturated rings. The topological polar surface area (TPSA) is 3.24 Å². The maximum Gasteiger partial charge on any atom is 0.0645 e. The smallest absolute Gasteiger partial charge is 0.0645 e. The van der Waals surface area contributed by atoms with Crippen molar-refractivity contribution in [3.63, 3.8) is 0 Å². The molecule has 0 spiro atoms. The second kappa shape index (κ2) is 13.3. The first-order valence-corrected chi connectivity index (χ1v) is 16.1. The molecule has 0 saturated carbocycles. The molecule has 0 radical (unpaired) electrons. The predicted octanol–water partition coefficient (Wildman–Crippen LogP) is 14.1. The molecule has 9 aromatic rings. The Morgan fingerprint density at radius 3 is 1.53 bits per heavy atom. The molecule has 0 aliphatic carbocycles. The molecule has 0 unspecified atom stereocenters. The highest BCUT2D eigenvalue weighted by molar-refractivity contribution is 5.97. The van der Waals surface area contributed by atoms with E-state index >= 15 is 0 Å². The van der Waals surface area contributed by atoms with Crippen LogP contribution in [0.5, 0.6) is 0 Å². The van der Waals surface area contributed by atoms with E-state index in [1.807, 2.05) is 78.9 Å². The SMILES string of the molecule is [2H]c1c([2H])c([2H])c(-c2c([2H])c([2H])c(-c3c([2H])c([2H])c(N(c4cccc(-c5cccc6ccccc56)c4)c4c([2H])c([2H])c(-c5ccc6ccccc6c5)c([2H])c4[2H])c([2H])c3[2H])c([2H])c2[2H])c([2H])c1[2H]. The summed E-state index contributed by atoms with van der Waals surface area (Å²) in [5.74, 6) is 0. The molecule has 0 N–H and O–H groups in total. The van der Waals surface area contributed by atoms with Gasteiger partial charge in [-0.05, 0) is 108 Å². The van der Waals surface area contributed by atoms with Crippen LogP contribution >= 0.6 is 0 Å². The molecule has 0 aliphatic heterocycles. The van der Waals surface area contributed by atoms with Gasteiger partial charge >= 0.3 is 0 Å². The zero-order valence-electron chi connectivity index (χ0n) is 43.8. The summed E-state index contributed by atoms with van der Waals surface area (Å²) in [4.78, 5) is 1.14. The molecule has 0 aliphatic rings. The maximum absolute atomic E-state index is 9.55. The van der Waals surface area contributed by atoms with Crippen LogP contribution in [0.2, 0.25) is 0 Å². The van der Waals surface area contributed by atoms with Crippen LogP contribution in [0.4, 0.5) is 17.1 Å². The first-order chi connectivity index (χ1) is 32.4. The fraction of sp³-hybridized carbons (Fsp3) is 0. The Balaban J connectivity index is 1.31. The second-order valence-electron chi connectivity index (χ2n) is 11.7. The summed E-state index contributed by atoms with van der Waals surface area (Å²) in [6, 6.07) is 20.3. The van der Waals surface area contributed by atoms with E-state index in [0.717, 1.165) is 32.0 Å². The first kappa shape index (κ1) is 17.3. The largest absolute Gasteiger partial charge is 0.310 e. The molecular weight excluding hydrogens is 615 g/mol. The van der Waals surface area contributed by atoms with E-state index in [-0.39, 0.29) is 11.3 Å². The van der Waals surface area contributed by atoms with Crippen molar-refractivity contribution in [2.45, 2.75) is 0 Å². The molecule has 0 atom stereocenters. The summed E-state index contributed by atoms with van der Waals surface area (Å²) in [5, 5.41) is 3.51. The van der Waals surface area contributed by atoms with Crippen molar-refractivity contribution in [2.24, 2.45) is 0 Å². The van der Waals surface area contributed by atoms with Crippen LogP contribution in [-0.4, -0.2) is 0 Å². The molecule has 0 heterocycles. The van der Waals surface area contributed by atoms with Gasteiger partial charge in [-0.1, -0.05) is 170 Å². The number of anilines is 3. The van der Waals surface area contributed by atoms with E-state index < -0.39 is 136 Å². The van der Waals surface area contributed by atoms with Crippen molar-refractivity contribution < 1.29 is 23.3 Å². The van der Waals surface area contributed by atoms with Gasteiger partial charge in [-0.3, -0.25) is 0 Å². The Morgan fingerprint density at radius 1 is 0.314 bits per heavy atom. The summed E-state index contributed by atoms with van der Waals surface area (Å²) < 4.78 is 153. The van der Waals surface area contributed by atoms with E-state index in [1.165, 1.54) is 0 Å². The zero-order chi connectivity index (χ0) is 48.8. The molecule has 0 saturated heterocycles. The number of rotatable bonds is 7. The normalized spacial score (nSPS) is 15.8. The van der Waals surface area contributed by atoms with E-state index in [0.29, 0.717) is 11.1 Å². The first-order valence-electron chi connectivity index (χ1n) is 24.6. The number of hydrogen-bond donors (Lipinski definition) is 0. The van der Waals surface area contributed by atoms with Crippen LogP contribution < -0.4 is 4.90 Å². The van der Waals surface area contributed by atoms with Crippen LogP contribution in [0.25, 0.3) is 66.1 Å². The highest BCUT2D eigenvalue weighted by atomic mass is 15.1. The lowest BCUT2D eigenvalue weighted by atomic mass is 9.97. The third-order valence-corrected chi connectivity index (χ3v) is 8.54. The quantitative estimate of drug-likeness (QED) is 0.164. The van der Waals surface area contributed by atoms with Gasteiger partial charge in [0.1, 0.15) is 0 Å². The lowest BCUT2D eigenvalue weighted by Gasteiger charge is -2.26. The monoisotopic (exact) mass is 666 g/mol. The van der Waals surface area contributed by atoms with E-state index in [2.05, 4.69) is 0 Å². The number of benzene rings is 9. The van der Waals surface area contributed by atoms with Crippen LogP contribution in [-0.2, 0) is 0 Å². The zero-order valence-corrected chi connectivity index (χ0v) is 26.8. The van der Waals surface area contributed by atoms with Crippen LogP contribution in [0, 0.1) is 0 Å². The molecule has 0 bridgehead atoms. The van der Waals surface area contributed by atoms with Crippen LogP contribution in [0.15, 0.2) is 212 Å². The number of fused-ring (bicyclic) bond motifs is 2. The minimum atomic E-state index is -0.870. The van der Waals surface area contributed by atoms with Gasteiger partial charge in [0.25, 0.3) is 0 Å². The summed E-state index contributed by atoms with van der Waals surface area (Å²) in [5.41, 5.74) is -1.50. The Kier molecular flexibility index (Phi) is 4.51. The van der Waals surface area contributed by atoms with E-state index in [4.69, 9.17) is 12.3 Å². The lowest BCUT2D eigenvalue weighted by Crippen LogP contribution is -2.10. The van der Waals surface area contributed by atoms with Crippen LogP contribution in [0.1, 0.15) is 23.3 Å². The molecule has 0 aromatic heterocycles. The Hall–Kier alpha value is -6.70. The Morgan fingerprint density at radius 2 is 0.843 bits per heavy atom. The maximum atomic E-state index is 9.55. The van der Waals surface area contributed by atoms with Gasteiger partial charge in [0.05, 0.1) is 23.3 Å². The van der Waals surface area contributed by atoms with Gasteiger partial charge in [-0.25, -0.2) is 0 Å². The van der Waals surface area contributed by atoms with Crippen molar-refractivity contribution in [1.82, 2.24) is 0 Å². The second-order valence-corrected chi connectivity index (χ2v) is 11.7. The fourth-order valence-corrected chi connectivity index (χ4v) is 6.05. The van der Waals surface area contributed by atoms with E-state index in [1.54, 1.807) is 30.3 Å². The summed E-state index contributed by atoms with van der Waals surface area (Å²) in [6.07, 6.45) is 0. The third-order valence-electron chi connectivity index (χ3n) is 8.54. The standard InChI is InChI=1S/C50H35N/c1-2-10-36(11-3-1)38-20-22-39(23-21-38)40-26-30-46(31-27-40)51(47-32-28-41(29-33-47)44-25-24-37-12-4-5-14-43(37)34-44)48-17-8-16-45(35-48)50-19-9-15-42-13-6-7-18-49(42)50/h1-35H/i1D,2D,3D,10D,11D,20D,21D,22D,23D,26D,27D,28D,29D,30D,31D,32D,33D. The number of hydrogen-bond acceptors (Lipinski definition) is 1. The third kappa shape index (κ3) is 6.07. The predicted molar refractivity (Wildman–Crippen MR) is 218 cm³/mol. The van der Waals surface area contributed by atoms with Crippen LogP contribution in [0.3, 0.4) is 0 Å². The molecule has 9 aromatic carbocycles. The van der Waals surface area contributed by atoms with E-state index in [9.17, 15) is 11.0 Å². The number of nitrogens with zero attached hydrogens (tertiary/aromatic N) is 1. The summed E-state index contributed by atoms with van der Waals surface area (Å²) in [7, 11) is 0. The molecule has 0 amide bonds. The summed E-state index contributed by atoms with van der Waals surface area (Å²) in [6.45, 7) is 0. The van der Waals surface area contributed by atoms with Gasteiger partial charge < -0.3 is 4.90 Å². The summed E-state index contributed by atoms with van der Waals surface area (Å²) >= 11 is 0. The highest BCUT2D eigenvalue weighted by Crippen LogP contribution is 2.39. The fourth-order valence-electron chi connectivity index (χ4n) is 6.05. The molecular formula is C50H35N. The van der Waals surface area contributed by atoms with Crippen molar-refractivity contribution in [2.75, 3.05) is 4.90 Å². The van der Waals surface area contributed by atoms with Crippen molar-refractivity contribution in [3.8, 4) is 44.5 Å². The molecule has 9 rings (SSSR count). The minimum absolute atomic E-state index is 0.00994. The minimum Gasteiger partial charge on any atom is -0.310 e. The Bertz CT molecular complexity index is 3510. The van der Waals surface area contributed by atoms with Gasteiger partial charge in [0.15, 0.2) is 0 Å². The van der Waals surface area contributed by atoms with Gasteiger partial charge in [-0.2, -0.15) is 0 Å². The lowest BCUT2D eigenvalue weighted by molar-refractivity contribution is 1.28. The molecule has 1 heteroatoms.